The van der Waals surface area contributed by atoms with Gasteiger partial charge in [0.1, 0.15) is 0 Å². The zero-order chi connectivity index (χ0) is 20.4. The van der Waals surface area contributed by atoms with Crippen molar-refractivity contribution in [3.05, 3.63) is 28.8 Å². The van der Waals surface area contributed by atoms with Crippen LogP contribution in [0.2, 0.25) is 5.02 Å². The number of aromatic nitrogens is 5. The summed E-state index contributed by atoms with van der Waals surface area (Å²) in [5, 5.41) is 33.2. The highest BCUT2D eigenvalue weighted by molar-refractivity contribution is 6.33. The van der Waals surface area contributed by atoms with E-state index in [-0.39, 0.29) is 29.2 Å². The topological polar surface area (TPSA) is 138 Å². The first-order valence-electron chi connectivity index (χ1n) is 8.54. The van der Waals surface area contributed by atoms with Gasteiger partial charge in [0, 0.05) is 12.7 Å². The highest BCUT2D eigenvalue weighted by Crippen LogP contribution is 2.26. The molecular formula is C17H20ClN7O3. The molecule has 28 heavy (non-hydrogen) atoms. The maximum absolute atomic E-state index is 11.3. The number of carboxylic acids is 1. The van der Waals surface area contributed by atoms with Crippen LogP contribution in [0.5, 0.6) is 0 Å². The summed E-state index contributed by atoms with van der Waals surface area (Å²) in [5.74, 6) is -0.342. The van der Waals surface area contributed by atoms with Gasteiger partial charge in [-0.15, -0.1) is 5.10 Å². The minimum absolute atomic E-state index is 0.0328. The third-order valence-electron chi connectivity index (χ3n) is 4.23. The molecule has 0 aliphatic heterocycles. The van der Waals surface area contributed by atoms with E-state index in [9.17, 15) is 15.0 Å². The molecule has 3 rings (SSSR count). The molecule has 3 aromatic rings. The summed E-state index contributed by atoms with van der Waals surface area (Å²) in [7, 11) is 1.70. The lowest BCUT2D eigenvalue weighted by Crippen LogP contribution is -2.30. The van der Waals surface area contributed by atoms with Crippen LogP contribution >= 0.6 is 11.6 Å². The fraction of sp³-hybridized carbons (Fsp3) is 0.353. The van der Waals surface area contributed by atoms with Crippen LogP contribution in [-0.2, 0) is 7.05 Å². The molecule has 1 aromatic carbocycles. The Morgan fingerprint density at radius 3 is 2.71 bits per heavy atom. The molecule has 0 saturated heterocycles. The Hall–Kier alpha value is -2.98. The van der Waals surface area contributed by atoms with E-state index in [0.717, 1.165) is 0 Å². The molecule has 0 fully saturated rings. The molecule has 0 amide bonds. The number of aromatic carboxylic acids is 1. The number of aliphatic hydroxyl groups is 1. The average Bonchev–Trinajstić information content (AvgIpc) is 3.02. The molecule has 2 heterocycles. The third-order valence-corrected chi connectivity index (χ3v) is 4.56. The summed E-state index contributed by atoms with van der Waals surface area (Å²) >= 11 is 5.93. The lowest BCUT2D eigenvalue weighted by molar-refractivity contribution is 0.0697. The van der Waals surface area contributed by atoms with Crippen LogP contribution in [-0.4, -0.2) is 53.8 Å². The van der Waals surface area contributed by atoms with Gasteiger partial charge in [-0.05, 0) is 24.1 Å². The first kappa shape index (κ1) is 19.8. The van der Waals surface area contributed by atoms with Crippen LogP contribution in [0.1, 0.15) is 24.2 Å². The lowest BCUT2D eigenvalue weighted by atomic mass is 10.1. The molecule has 0 aliphatic rings. The van der Waals surface area contributed by atoms with Crippen molar-refractivity contribution in [3.8, 4) is 0 Å². The van der Waals surface area contributed by atoms with Gasteiger partial charge < -0.3 is 20.8 Å². The predicted molar refractivity (Wildman–Crippen MR) is 105 cm³/mol. The number of benzene rings is 1. The van der Waals surface area contributed by atoms with E-state index in [2.05, 4.69) is 30.9 Å². The van der Waals surface area contributed by atoms with Crippen molar-refractivity contribution in [2.75, 3.05) is 17.2 Å². The normalized spacial score (nSPS) is 12.4. The molecule has 0 saturated carbocycles. The Labute approximate surface area is 165 Å². The Morgan fingerprint density at radius 1 is 1.32 bits per heavy atom. The average molecular weight is 406 g/mol. The van der Waals surface area contributed by atoms with Crippen LogP contribution in [0.15, 0.2) is 18.2 Å². The van der Waals surface area contributed by atoms with Gasteiger partial charge in [-0.25, -0.2) is 9.48 Å². The van der Waals surface area contributed by atoms with Gasteiger partial charge >= 0.3 is 5.97 Å². The Bertz CT molecular complexity index is 1020. The van der Waals surface area contributed by atoms with Crippen molar-refractivity contribution >= 4 is 46.2 Å². The zero-order valence-corrected chi connectivity index (χ0v) is 16.3. The minimum atomic E-state index is -1.13. The molecule has 0 spiro atoms. The lowest BCUT2D eigenvalue weighted by Gasteiger charge is -2.20. The highest BCUT2D eigenvalue weighted by Gasteiger charge is 2.18. The van der Waals surface area contributed by atoms with E-state index in [1.165, 1.54) is 16.8 Å². The molecular weight excluding hydrogens is 386 g/mol. The smallest absolute Gasteiger partial charge is 0.337 e. The molecule has 4 N–H and O–H groups in total. The van der Waals surface area contributed by atoms with Crippen LogP contribution in [0.3, 0.4) is 0 Å². The predicted octanol–water partition coefficient (Wildman–Crippen LogP) is 2.28. The van der Waals surface area contributed by atoms with E-state index in [0.29, 0.717) is 28.6 Å². The molecule has 2 aromatic heterocycles. The number of fused-ring (bicyclic) bond motifs is 1. The van der Waals surface area contributed by atoms with Crippen molar-refractivity contribution in [2.24, 2.45) is 13.0 Å². The van der Waals surface area contributed by atoms with Crippen molar-refractivity contribution < 1.29 is 15.0 Å². The number of carboxylic acid groups (broad SMARTS) is 1. The van der Waals surface area contributed by atoms with E-state index in [1.54, 1.807) is 13.1 Å². The number of aryl methyl sites for hydroxylation is 1. The number of hydrogen-bond acceptors (Lipinski definition) is 8. The fourth-order valence-corrected chi connectivity index (χ4v) is 2.76. The molecule has 1 atom stereocenters. The molecule has 148 valence electrons. The van der Waals surface area contributed by atoms with Crippen LogP contribution < -0.4 is 10.6 Å². The van der Waals surface area contributed by atoms with Gasteiger partial charge in [-0.2, -0.15) is 9.97 Å². The first-order valence-corrected chi connectivity index (χ1v) is 8.92. The monoisotopic (exact) mass is 405 g/mol. The summed E-state index contributed by atoms with van der Waals surface area (Å²) in [4.78, 5) is 20.2. The Morgan fingerprint density at radius 2 is 2.07 bits per heavy atom. The van der Waals surface area contributed by atoms with Gasteiger partial charge in [0.15, 0.2) is 17.0 Å². The summed E-state index contributed by atoms with van der Waals surface area (Å²) < 4.78 is 1.50. The number of nitrogens with zero attached hydrogens (tertiary/aromatic N) is 5. The highest BCUT2D eigenvalue weighted by atomic mass is 35.5. The first-order chi connectivity index (χ1) is 13.3. The third kappa shape index (κ3) is 3.97. The van der Waals surface area contributed by atoms with Crippen molar-refractivity contribution in [1.82, 2.24) is 25.0 Å². The standard InChI is InChI=1S/C17H20ClN7O3/c1-8(2)12(7-26)20-17-21-14(13-15(22-17)25(3)24-23-13)19-9-4-5-11(18)10(6-9)16(27)28/h4-6,8,12,26H,7H2,1-3H3,(H,27,28)(H2,19,20,21,22). The second-order valence-electron chi connectivity index (χ2n) is 6.58. The number of rotatable bonds is 7. The SMILES string of the molecule is CC(C)C(CO)Nc1nc(Nc2ccc(Cl)c(C(=O)O)c2)c2nnn(C)c2n1. The van der Waals surface area contributed by atoms with Gasteiger partial charge in [0.2, 0.25) is 5.95 Å². The number of halogens is 1. The molecule has 11 heteroatoms. The van der Waals surface area contributed by atoms with E-state index < -0.39 is 5.97 Å². The van der Waals surface area contributed by atoms with Crippen molar-refractivity contribution in [2.45, 2.75) is 19.9 Å². The van der Waals surface area contributed by atoms with Gasteiger partial charge in [-0.1, -0.05) is 30.7 Å². The Balaban J connectivity index is 2.02. The van der Waals surface area contributed by atoms with Gasteiger partial charge in [0.05, 0.1) is 23.2 Å². The van der Waals surface area contributed by atoms with Gasteiger partial charge in [0.25, 0.3) is 0 Å². The largest absolute Gasteiger partial charge is 0.478 e. The zero-order valence-electron chi connectivity index (χ0n) is 15.5. The quantitative estimate of drug-likeness (QED) is 0.466. The fourth-order valence-electron chi connectivity index (χ4n) is 2.56. The van der Waals surface area contributed by atoms with Gasteiger partial charge in [-0.3, -0.25) is 0 Å². The number of aliphatic hydroxyl groups excluding tert-OH is 1. The van der Waals surface area contributed by atoms with Crippen LogP contribution in [0.4, 0.5) is 17.5 Å². The summed E-state index contributed by atoms with van der Waals surface area (Å²) in [6, 6.07) is 4.30. The molecule has 0 bridgehead atoms. The molecule has 0 aliphatic carbocycles. The number of carbonyl (C=O) groups is 1. The van der Waals surface area contributed by atoms with Crippen molar-refractivity contribution in [3.63, 3.8) is 0 Å². The number of nitrogens with one attached hydrogen (secondary N) is 2. The maximum atomic E-state index is 11.3. The second kappa shape index (κ2) is 7.95. The molecule has 1 unspecified atom stereocenters. The van der Waals surface area contributed by atoms with Crippen molar-refractivity contribution in [1.29, 1.82) is 0 Å². The molecule has 10 nitrogen and oxygen atoms in total. The summed E-state index contributed by atoms with van der Waals surface area (Å²) in [5.41, 5.74) is 1.34. The number of hydrogen-bond donors (Lipinski definition) is 4. The van der Waals surface area contributed by atoms with E-state index >= 15 is 0 Å². The number of anilines is 3. The molecule has 0 radical (unpaired) electrons. The second-order valence-corrected chi connectivity index (χ2v) is 6.99. The minimum Gasteiger partial charge on any atom is -0.478 e. The Kier molecular flexibility index (Phi) is 5.61. The van der Waals surface area contributed by atoms with Crippen LogP contribution in [0.25, 0.3) is 11.2 Å². The van der Waals surface area contributed by atoms with E-state index in [1.807, 2.05) is 13.8 Å². The van der Waals surface area contributed by atoms with E-state index in [4.69, 9.17) is 11.6 Å². The maximum Gasteiger partial charge on any atom is 0.337 e. The summed E-state index contributed by atoms with van der Waals surface area (Å²) in [6.07, 6.45) is 0. The van der Waals surface area contributed by atoms with Crippen LogP contribution in [0, 0.1) is 5.92 Å². The summed E-state index contributed by atoms with van der Waals surface area (Å²) in [6.45, 7) is 3.86.